The molecule has 0 saturated carbocycles. The molecule has 0 radical (unpaired) electrons. The molecule has 0 aliphatic heterocycles. The molecule has 0 fully saturated rings. The second kappa shape index (κ2) is 5.33. The van der Waals surface area contributed by atoms with Gasteiger partial charge in [-0.3, -0.25) is 0 Å². The summed E-state index contributed by atoms with van der Waals surface area (Å²) in [5.41, 5.74) is 0.713. The number of carbonyl (C=O) groups is 1. The van der Waals surface area contributed by atoms with Gasteiger partial charge in [0.2, 0.25) is 0 Å². The first kappa shape index (κ1) is 12.8. The summed E-state index contributed by atoms with van der Waals surface area (Å²) in [5.74, 6) is -0.784. The minimum absolute atomic E-state index is 0.0253. The summed E-state index contributed by atoms with van der Waals surface area (Å²) in [7, 11) is 0. The molecule has 0 spiro atoms. The van der Waals surface area contributed by atoms with Crippen LogP contribution in [0.25, 0.3) is 0 Å². The third-order valence-corrected chi connectivity index (χ3v) is 2.76. The molecule has 0 aliphatic rings. The number of hydrogen-bond donors (Lipinski definition) is 1. The van der Waals surface area contributed by atoms with Crippen molar-refractivity contribution >= 4 is 29.2 Å². The van der Waals surface area contributed by atoms with Crippen LogP contribution in [0.4, 0.5) is 0 Å². The molecule has 1 aromatic carbocycles. The first-order chi connectivity index (χ1) is 8.56. The molecule has 1 heterocycles. The van der Waals surface area contributed by atoms with Crippen molar-refractivity contribution in [2.75, 3.05) is 0 Å². The van der Waals surface area contributed by atoms with E-state index in [1.165, 1.54) is 6.20 Å². The molecule has 1 aromatic heterocycles. The van der Waals surface area contributed by atoms with Gasteiger partial charge in [0.15, 0.2) is 5.69 Å². The van der Waals surface area contributed by atoms with Crippen LogP contribution in [0.1, 0.15) is 21.9 Å². The molecule has 4 nitrogen and oxygen atoms in total. The second-order valence-corrected chi connectivity index (χ2v) is 4.44. The van der Waals surface area contributed by atoms with Crippen molar-refractivity contribution < 1.29 is 9.90 Å². The van der Waals surface area contributed by atoms with E-state index in [1.807, 2.05) is 12.1 Å². The number of carboxylic acids is 1. The Kier molecular flexibility index (Phi) is 3.79. The predicted octanol–water partition coefficient (Wildman–Crippen LogP) is 3.07. The number of rotatable bonds is 3. The molecule has 1 N–H and O–H groups in total. The van der Waals surface area contributed by atoms with Crippen LogP contribution in [-0.2, 0) is 6.42 Å². The van der Waals surface area contributed by atoms with Gasteiger partial charge in [-0.15, -0.1) is 0 Å². The van der Waals surface area contributed by atoms with E-state index in [-0.39, 0.29) is 10.7 Å². The van der Waals surface area contributed by atoms with E-state index in [1.54, 1.807) is 12.1 Å². The average Bonchev–Trinajstić information content (AvgIpc) is 2.31. The average molecular weight is 283 g/mol. The SMILES string of the molecule is O=C(O)c1nc(Cc2cccc(Cl)c2)ncc1Cl. The maximum absolute atomic E-state index is 10.9. The molecule has 0 saturated heterocycles. The summed E-state index contributed by atoms with van der Waals surface area (Å²) in [6, 6.07) is 7.21. The van der Waals surface area contributed by atoms with Gasteiger partial charge >= 0.3 is 5.97 Å². The van der Waals surface area contributed by atoms with Crippen LogP contribution >= 0.6 is 23.2 Å². The first-order valence-corrected chi connectivity index (χ1v) is 5.81. The van der Waals surface area contributed by atoms with Crippen LogP contribution in [0.3, 0.4) is 0 Å². The van der Waals surface area contributed by atoms with E-state index < -0.39 is 5.97 Å². The molecule has 2 rings (SSSR count). The highest BCUT2D eigenvalue weighted by Gasteiger charge is 2.12. The zero-order chi connectivity index (χ0) is 13.1. The van der Waals surface area contributed by atoms with Gasteiger partial charge in [0, 0.05) is 11.4 Å². The lowest BCUT2D eigenvalue weighted by Crippen LogP contribution is -2.06. The molecule has 0 amide bonds. The van der Waals surface area contributed by atoms with Crippen molar-refractivity contribution in [2.24, 2.45) is 0 Å². The summed E-state index contributed by atoms with van der Waals surface area (Å²) >= 11 is 11.6. The third kappa shape index (κ3) is 2.97. The van der Waals surface area contributed by atoms with Crippen molar-refractivity contribution in [2.45, 2.75) is 6.42 Å². The number of aromatic nitrogens is 2. The Labute approximate surface area is 113 Å². The van der Waals surface area contributed by atoms with Crippen LogP contribution in [0.2, 0.25) is 10.0 Å². The molecule has 0 unspecified atom stereocenters. The summed E-state index contributed by atoms with van der Waals surface area (Å²) < 4.78 is 0. The van der Waals surface area contributed by atoms with Gasteiger partial charge in [-0.2, -0.15) is 0 Å². The molecule has 92 valence electrons. The van der Waals surface area contributed by atoms with Crippen molar-refractivity contribution in [1.29, 1.82) is 0 Å². The Bertz CT molecular complexity index is 602. The molecule has 2 aromatic rings. The molecular weight excluding hydrogens is 275 g/mol. The summed E-state index contributed by atoms with van der Waals surface area (Å²) in [6.45, 7) is 0. The molecule has 0 bridgehead atoms. The predicted molar refractivity (Wildman–Crippen MR) is 68.3 cm³/mol. The van der Waals surface area contributed by atoms with Crippen molar-refractivity contribution in [3.05, 3.63) is 57.6 Å². The molecule has 6 heteroatoms. The minimum Gasteiger partial charge on any atom is -0.476 e. The third-order valence-electron chi connectivity index (χ3n) is 2.25. The van der Waals surface area contributed by atoms with Crippen LogP contribution in [0.5, 0.6) is 0 Å². The van der Waals surface area contributed by atoms with Crippen LogP contribution in [-0.4, -0.2) is 21.0 Å². The largest absolute Gasteiger partial charge is 0.476 e. The van der Waals surface area contributed by atoms with Gasteiger partial charge in [0.25, 0.3) is 0 Å². The molecule has 18 heavy (non-hydrogen) atoms. The number of benzene rings is 1. The quantitative estimate of drug-likeness (QED) is 0.940. The lowest BCUT2D eigenvalue weighted by Gasteiger charge is -2.03. The van der Waals surface area contributed by atoms with Crippen LogP contribution in [0, 0.1) is 0 Å². The second-order valence-electron chi connectivity index (χ2n) is 3.59. The lowest BCUT2D eigenvalue weighted by atomic mass is 10.1. The van der Waals surface area contributed by atoms with Crippen LogP contribution < -0.4 is 0 Å². The van der Waals surface area contributed by atoms with E-state index >= 15 is 0 Å². The fourth-order valence-corrected chi connectivity index (χ4v) is 1.85. The zero-order valence-electron chi connectivity index (χ0n) is 9.10. The lowest BCUT2D eigenvalue weighted by molar-refractivity contribution is 0.0690. The number of aromatic carboxylic acids is 1. The summed E-state index contributed by atoms with van der Waals surface area (Å²) in [6.07, 6.45) is 1.69. The molecule has 0 aliphatic carbocycles. The van der Waals surface area contributed by atoms with Gasteiger partial charge in [0.1, 0.15) is 5.82 Å². The first-order valence-electron chi connectivity index (χ1n) is 5.05. The number of carboxylic acid groups (broad SMARTS) is 1. The monoisotopic (exact) mass is 282 g/mol. The maximum atomic E-state index is 10.9. The smallest absolute Gasteiger partial charge is 0.356 e. The summed E-state index contributed by atoms with van der Waals surface area (Å²) in [5, 5.41) is 9.54. The maximum Gasteiger partial charge on any atom is 0.356 e. The fraction of sp³-hybridized carbons (Fsp3) is 0.0833. The fourth-order valence-electron chi connectivity index (χ4n) is 1.47. The van der Waals surface area contributed by atoms with Gasteiger partial charge in [-0.05, 0) is 17.7 Å². The van der Waals surface area contributed by atoms with Gasteiger partial charge in [-0.1, -0.05) is 35.3 Å². The normalized spacial score (nSPS) is 10.3. The molecular formula is C12H8Cl2N2O2. The van der Waals surface area contributed by atoms with E-state index in [9.17, 15) is 4.79 Å². The topological polar surface area (TPSA) is 63.1 Å². The highest BCUT2D eigenvalue weighted by atomic mass is 35.5. The van der Waals surface area contributed by atoms with E-state index in [0.29, 0.717) is 17.3 Å². The molecule has 0 atom stereocenters. The van der Waals surface area contributed by atoms with Gasteiger partial charge < -0.3 is 5.11 Å². The van der Waals surface area contributed by atoms with Gasteiger partial charge in [-0.25, -0.2) is 14.8 Å². The van der Waals surface area contributed by atoms with E-state index in [0.717, 1.165) is 5.56 Å². The number of hydrogen-bond acceptors (Lipinski definition) is 3. The number of halogens is 2. The van der Waals surface area contributed by atoms with Crippen molar-refractivity contribution in [3.63, 3.8) is 0 Å². The van der Waals surface area contributed by atoms with Crippen LogP contribution in [0.15, 0.2) is 30.5 Å². The minimum atomic E-state index is -1.17. The highest BCUT2D eigenvalue weighted by molar-refractivity contribution is 6.33. The van der Waals surface area contributed by atoms with E-state index in [4.69, 9.17) is 28.3 Å². The van der Waals surface area contributed by atoms with E-state index in [2.05, 4.69) is 9.97 Å². The van der Waals surface area contributed by atoms with Gasteiger partial charge in [0.05, 0.1) is 11.2 Å². The summed E-state index contributed by atoms with van der Waals surface area (Å²) in [4.78, 5) is 18.8. The standard InChI is InChI=1S/C12H8Cl2N2O2/c13-8-3-1-2-7(4-8)5-10-15-6-9(14)11(16-10)12(17)18/h1-4,6H,5H2,(H,17,18). The Morgan fingerprint density at radius 1 is 1.33 bits per heavy atom. The number of nitrogens with zero attached hydrogens (tertiary/aromatic N) is 2. The Balaban J connectivity index is 2.30. The Morgan fingerprint density at radius 2 is 2.11 bits per heavy atom. The van der Waals surface area contributed by atoms with Crippen molar-refractivity contribution in [3.8, 4) is 0 Å². The zero-order valence-corrected chi connectivity index (χ0v) is 10.6. The Hall–Kier alpha value is -1.65. The Morgan fingerprint density at radius 3 is 2.78 bits per heavy atom. The highest BCUT2D eigenvalue weighted by Crippen LogP contribution is 2.16. The van der Waals surface area contributed by atoms with Crippen molar-refractivity contribution in [1.82, 2.24) is 9.97 Å².